The molecule has 0 bridgehead atoms. The molecule has 1 heterocycles. The van der Waals surface area contributed by atoms with Crippen LogP contribution in [0.4, 0.5) is 4.79 Å². The van der Waals surface area contributed by atoms with Crippen molar-refractivity contribution in [2.45, 2.75) is 71.8 Å². The van der Waals surface area contributed by atoms with Crippen LogP contribution in [0.1, 0.15) is 66.2 Å². The lowest BCUT2D eigenvalue weighted by atomic mass is 9.87. The highest BCUT2D eigenvalue weighted by atomic mass is 16.5. The SMILES string of the molecule is C=CN1CC(=O)N(C(C)(C)CCCCOCCCCC(C)(C)C(=O)O)C1=O. The van der Waals surface area contributed by atoms with Gasteiger partial charge in [-0.2, -0.15) is 0 Å². The third kappa shape index (κ3) is 6.65. The molecule has 27 heavy (non-hydrogen) atoms. The first-order valence-electron chi connectivity index (χ1n) is 9.60. The minimum absolute atomic E-state index is 0.0631. The van der Waals surface area contributed by atoms with Gasteiger partial charge in [-0.3, -0.25) is 19.4 Å². The van der Waals surface area contributed by atoms with E-state index < -0.39 is 16.9 Å². The Hall–Kier alpha value is -1.89. The molecule has 154 valence electrons. The first-order chi connectivity index (χ1) is 12.5. The van der Waals surface area contributed by atoms with Crippen molar-refractivity contribution in [2.24, 2.45) is 5.41 Å². The number of amides is 3. The van der Waals surface area contributed by atoms with Gasteiger partial charge in [0.2, 0.25) is 0 Å². The van der Waals surface area contributed by atoms with E-state index in [2.05, 4.69) is 6.58 Å². The highest BCUT2D eigenvalue weighted by Crippen LogP contribution is 2.27. The highest BCUT2D eigenvalue weighted by molar-refractivity contribution is 6.03. The fourth-order valence-electron chi connectivity index (χ4n) is 3.11. The number of hydrogen-bond acceptors (Lipinski definition) is 4. The molecular weight excluding hydrogens is 348 g/mol. The first-order valence-corrected chi connectivity index (χ1v) is 9.60. The summed E-state index contributed by atoms with van der Waals surface area (Å²) >= 11 is 0. The molecule has 0 aromatic carbocycles. The van der Waals surface area contributed by atoms with E-state index >= 15 is 0 Å². The Bertz CT molecular complexity index is 557. The zero-order valence-electron chi connectivity index (χ0n) is 17.1. The van der Waals surface area contributed by atoms with Gasteiger partial charge in [-0.25, -0.2) is 4.79 Å². The van der Waals surface area contributed by atoms with Crippen LogP contribution in [0.3, 0.4) is 0 Å². The number of carboxylic acids is 1. The molecule has 0 spiro atoms. The molecule has 0 radical (unpaired) electrons. The molecule has 1 rings (SSSR count). The van der Waals surface area contributed by atoms with E-state index in [1.165, 1.54) is 16.0 Å². The Balaban J connectivity index is 2.19. The van der Waals surface area contributed by atoms with Crippen molar-refractivity contribution in [1.82, 2.24) is 9.80 Å². The maximum absolute atomic E-state index is 12.2. The van der Waals surface area contributed by atoms with Gasteiger partial charge < -0.3 is 9.84 Å². The molecule has 1 N–H and O–H groups in total. The second-order valence-electron chi connectivity index (χ2n) is 8.35. The second kappa shape index (κ2) is 9.88. The predicted octanol–water partition coefficient (Wildman–Crippen LogP) is 3.64. The summed E-state index contributed by atoms with van der Waals surface area (Å²) in [6.07, 6.45) is 6.12. The lowest BCUT2D eigenvalue weighted by molar-refractivity contribution is -0.147. The van der Waals surface area contributed by atoms with Crippen LogP contribution in [0.15, 0.2) is 12.8 Å². The van der Waals surface area contributed by atoms with E-state index in [-0.39, 0.29) is 18.5 Å². The number of carbonyl (C=O) groups excluding carboxylic acids is 2. The van der Waals surface area contributed by atoms with Crippen LogP contribution in [0, 0.1) is 5.41 Å². The average molecular weight is 383 g/mol. The van der Waals surface area contributed by atoms with Gasteiger partial charge in [-0.15, -0.1) is 0 Å². The van der Waals surface area contributed by atoms with Gasteiger partial charge in [0.15, 0.2) is 0 Å². The Morgan fingerprint density at radius 3 is 2.15 bits per heavy atom. The lowest BCUT2D eigenvalue weighted by Gasteiger charge is -2.33. The van der Waals surface area contributed by atoms with Gasteiger partial charge in [-0.1, -0.05) is 13.0 Å². The van der Waals surface area contributed by atoms with Crippen molar-refractivity contribution in [2.75, 3.05) is 19.8 Å². The van der Waals surface area contributed by atoms with E-state index in [1.807, 2.05) is 13.8 Å². The maximum Gasteiger partial charge on any atom is 0.331 e. The van der Waals surface area contributed by atoms with E-state index in [0.29, 0.717) is 26.1 Å². The molecule has 0 saturated carbocycles. The third-order valence-electron chi connectivity index (χ3n) is 5.06. The van der Waals surface area contributed by atoms with E-state index in [9.17, 15) is 14.4 Å². The number of carboxylic acid groups (broad SMARTS) is 1. The molecule has 0 aromatic heterocycles. The van der Waals surface area contributed by atoms with Crippen LogP contribution in [0.25, 0.3) is 0 Å². The van der Waals surface area contributed by atoms with Crippen molar-refractivity contribution in [1.29, 1.82) is 0 Å². The fourth-order valence-corrected chi connectivity index (χ4v) is 3.11. The van der Waals surface area contributed by atoms with Crippen LogP contribution in [-0.4, -0.2) is 58.1 Å². The highest BCUT2D eigenvalue weighted by Gasteiger charge is 2.43. The van der Waals surface area contributed by atoms with Crippen LogP contribution in [0.2, 0.25) is 0 Å². The van der Waals surface area contributed by atoms with Crippen LogP contribution < -0.4 is 0 Å². The molecule has 1 aliphatic rings. The number of rotatable bonds is 13. The summed E-state index contributed by atoms with van der Waals surface area (Å²) in [5.41, 5.74) is -1.22. The van der Waals surface area contributed by atoms with E-state index in [0.717, 1.165) is 25.7 Å². The molecule has 1 fully saturated rings. The summed E-state index contributed by atoms with van der Waals surface area (Å²) in [6, 6.07) is -0.305. The van der Waals surface area contributed by atoms with Crippen LogP contribution in [0.5, 0.6) is 0 Å². The summed E-state index contributed by atoms with van der Waals surface area (Å²) in [5, 5.41) is 9.06. The number of imide groups is 1. The molecule has 7 heteroatoms. The predicted molar refractivity (Wildman–Crippen MR) is 103 cm³/mol. The number of hydrogen-bond donors (Lipinski definition) is 1. The van der Waals surface area contributed by atoms with Crippen molar-refractivity contribution < 1.29 is 24.2 Å². The van der Waals surface area contributed by atoms with Gasteiger partial charge in [0, 0.05) is 25.0 Å². The third-order valence-corrected chi connectivity index (χ3v) is 5.06. The van der Waals surface area contributed by atoms with Gasteiger partial charge in [0.05, 0.1) is 5.41 Å². The second-order valence-corrected chi connectivity index (χ2v) is 8.35. The van der Waals surface area contributed by atoms with Gasteiger partial charge in [0.25, 0.3) is 5.91 Å². The zero-order chi connectivity index (χ0) is 20.7. The summed E-state index contributed by atoms with van der Waals surface area (Å²) in [6.45, 7) is 12.2. The average Bonchev–Trinajstić information content (AvgIpc) is 2.87. The number of unbranched alkanes of at least 4 members (excludes halogenated alkanes) is 2. The Morgan fingerprint density at radius 2 is 1.67 bits per heavy atom. The van der Waals surface area contributed by atoms with Crippen molar-refractivity contribution in [3.8, 4) is 0 Å². The molecule has 0 aliphatic carbocycles. The largest absolute Gasteiger partial charge is 0.481 e. The minimum Gasteiger partial charge on any atom is -0.481 e. The molecule has 1 saturated heterocycles. The normalized spacial score (nSPS) is 15.6. The fraction of sp³-hybridized carbons (Fsp3) is 0.750. The quantitative estimate of drug-likeness (QED) is 0.388. The molecule has 1 aliphatic heterocycles. The number of carbonyl (C=O) groups is 3. The monoisotopic (exact) mass is 382 g/mol. The summed E-state index contributed by atoms with van der Waals surface area (Å²) < 4.78 is 5.61. The Morgan fingerprint density at radius 1 is 1.11 bits per heavy atom. The summed E-state index contributed by atoms with van der Waals surface area (Å²) in [4.78, 5) is 38.0. The smallest absolute Gasteiger partial charge is 0.331 e. The number of nitrogens with zero attached hydrogens (tertiary/aromatic N) is 2. The van der Waals surface area contributed by atoms with Crippen LogP contribution in [-0.2, 0) is 14.3 Å². The summed E-state index contributed by atoms with van der Waals surface area (Å²) in [5.74, 6) is -0.956. The van der Waals surface area contributed by atoms with Gasteiger partial charge in [0.1, 0.15) is 6.54 Å². The minimum atomic E-state index is -0.766. The Labute approximate surface area is 162 Å². The molecule has 7 nitrogen and oxygen atoms in total. The molecular formula is C20H34N2O5. The number of urea groups is 1. The van der Waals surface area contributed by atoms with Crippen molar-refractivity contribution >= 4 is 17.9 Å². The standard InChI is InChI=1S/C20H34N2O5/c1-6-21-15-16(23)22(18(21)26)20(4,5)12-8-10-14-27-13-9-7-11-19(2,3)17(24)25/h6H,1,7-15H2,2-5H3,(H,24,25). The first kappa shape index (κ1) is 23.1. The molecule has 0 unspecified atom stereocenters. The number of aliphatic carboxylic acids is 1. The van der Waals surface area contributed by atoms with Crippen molar-refractivity contribution in [3.05, 3.63) is 12.8 Å². The topological polar surface area (TPSA) is 87.2 Å². The number of ether oxygens (including phenoxy) is 1. The van der Waals surface area contributed by atoms with Gasteiger partial charge in [-0.05, 0) is 59.8 Å². The van der Waals surface area contributed by atoms with Crippen LogP contribution >= 0.6 is 0 Å². The molecule has 0 aromatic rings. The van der Waals surface area contributed by atoms with Gasteiger partial charge >= 0.3 is 12.0 Å². The van der Waals surface area contributed by atoms with Crippen molar-refractivity contribution in [3.63, 3.8) is 0 Å². The summed E-state index contributed by atoms with van der Waals surface area (Å²) in [7, 11) is 0. The molecule has 0 atom stereocenters. The van der Waals surface area contributed by atoms with E-state index in [1.54, 1.807) is 13.8 Å². The molecule has 3 amide bonds. The maximum atomic E-state index is 12.2. The van der Waals surface area contributed by atoms with E-state index in [4.69, 9.17) is 9.84 Å². The lowest BCUT2D eigenvalue weighted by Crippen LogP contribution is -2.48. The Kier molecular flexibility index (Phi) is 8.47. The zero-order valence-corrected chi connectivity index (χ0v) is 17.1.